The van der Waals surface area contributed by atoms with Crippen LogP contribution in [0.5, 0.6) is 0 Å². The van der Waals surface area contributed by atoms with Gasteiger partial charge in [-0.3, -0.25) is 0 Å². The van der Waals surface area contributed by atoms with Crippen molar-refractivity contribution in [3.63, 3.8) is 0 Å². The molecule has 3 nitrogen and oxygen atoms in total. The summed E-state index contributed by atoms with van der Waals surface area (Å²) in [7, 11) is 0. The van der Waals surface area contributed by atoms with Gasteiger partial charge in [0, 0.05) is 11.3 Å². The molecule has 4 heteroatoms. The number of thioether (sulfide) groups is 1. The first-order chi connectivity index (χ1) is 9.56. The zero-order valence-corrected chi connectivity index (χ0v) is 14.0. The van der Waals surface area contributed by atoms with Crippen LogP contribution in [-0.2, 0) is 0 Å². The minimum absolute atomic E-state index is 0.437. The highest BCUT2D eigenvalue weighted by Gasteiger charge is 2.37. The molecule has 20 heavy (non-hydrogen) atoms. The average Bonchev–Trinajstić information content (AvgIpc) is 2.94. The zero-order chi connectivity index (χ0) is 14.6. The van der Waals surface area contributed by atoms with Crippen molar-refractivity contribution in [2.45, 2.75) is 69.9 Å². The van der Waals surface area contributed by atoms with E-state index in [0.29, 0.717) is 16.7 Å². The molecule has 0 bridgehead atoms. The summed E-state index contributed by atoms with van der Waals surface area (Å²) >= 11 is 1.81. The lowest BCUT2D eigenvalue weighted by atomic mass is 9.68. The Balaban J connectivity index is 2.05. The molecule has 114 valence electrons. The fourth-order valence-electron chi connectivity index (χ4n) is 3.15. The molecule has 0 aliphatic heterocycles. The third-order valence-corrected chi connectivity index (χ3v) is 6.16. The largest absolute Gasteiger partial charge is 0.440 e. The van der Waals surface area contributed by atoms with E-state index >= 15 is 0 Å². The van der Waals surface area contributed by atoms with Gasteiger partial charge in [0.2, 0.25) is 0 Å². The maximum atomic E-state index is 5.43. The molecule has 2 rings (SSSR count). The molecule has 1 aliphatic rings. The molecule has 0 aromatic carbocycles. The van der Waals surface area contributed by atoms with Crippen molar-refractivity contribution in [2.24, 2.45) is 11.3 Å². The SMILES string of the molecule is CCNC1CCC(C(C)(C)CC)CC1Sc1ncco1. The lowest BCUT2D eigenvalue weighted by molar-refractivity contribution is 0.141. The summed E-state index contributed by atoms with van der Waals surface area (Å²) in [6.45, 7) is 10.4. The predicted molar refractivity (Wildman–Crippen MR) is 85.0 cm³/mol. The topological polar surface area (TPSA) is 38.1 Å². The molecule has 1 aliphatic carbocycles. The van der Waals surface area contributed by atoms with Crippen LogP contribution in [0.4, 0.5) is 0 Å². The maximum Gasteiger partial charge on any atom is 0.255 e. The van der Waals surface area contributed by atoms with Crippen LogP contribution in [0.3, 0.4) is 0 Å². The van der Waals surface area contributed by atoms with Crippen LogP contribution in [0.2, 0.25) is 0 Å². The number of oxazole rings is 1. The summed E-state index contributed by atoms with van der Waals surface area (Å²) in [5.74, 6) is 0.801. The Morgan fingerprint density at radius 3 is 2.80 bits per heavy atom. The molecule has 3 unspecified atom stereocenters. The fraction of sp³-hybridized carbons (Fsp3) is 0.812. The molecule has 1 N–H and O–H groups in total. The van der Waals surface area contributed by atoms with Crippen molar-refractivity contribution in [3.8, 4) is 0 Å². The number of hydrogen-bond acceptors (Lipinski definition) is 4. The molecule has 1 saturated carbocycles. The lowest BCUT2D eigenvalue weighted by Gasteiger charge is -2.42. The van der Waals surface area contributed by atoms with E-state index in [4.69, 9.17) is 4.42 Å². The maximum absolute atomic E-state index is 5.43. The van der Waals surface area contributed by atoms with Crippen LogP contribution < -0.4 is 5.32 Å². The van der Waals surface area contributed by atoms with Crippen molar-refractivity contribution in [1.29, 1.82) is 0 Å². The summed E-state index contributed by atoms with van der Waals surface area (Å²) < 4.78 is 5.43. The van der Waals surface area contributed by atoms with E-state index in [0.717, 1.165) is 17.7 Å². The van der Waals surface area contributed by atoms with Gasteiger partial charge in [0.15, 0.2) is 0 Å². The van der Waals surface area contributed by atoms with Gasteiger partial charge in [-0.05, 0) is 37.1 Å². The van der Waals surface area contributed by atoms with Gasteiger partial charge in [0.25, 0.3) is 5.22 Å². The van der Waals surface area contributed by atoms with Gasteiger partial charge < -0.3 is 9.73 Å². The number of rotatable bonds is 6. The van der Waals surface area contributed by atoms with Crippen molar-refractivity contribution >= 4 is 11.8 Å². The summed E-state index contributed by atoms with van der Waals surface area (Å²) in [6, 6.07) is 0.584. The van der Waals surface area contributed by atoms with Gasteiger partial charge in [-0.1, -0.05) is 45.9 Å². The minimum Gasteiger partial charge on any atom is -0.440 e. The van der Waals surface area contributed by atoms with E-state index in [1.807, 2.05) is 11.8 Å². The van der Waals surface area contributed by atoms with E-state index in [-0.39, 0.29) is 0 Å². The smallest absolute Gasteiger partial charge is 0.255 e. The quantitative estimate of drug-likeness (QED) is 0.847. The summed E-state index contributed by atoms with van der Waals surface area (Å²) in [6.07, 6.45) is 8.51. The molecule has 3 atom stereocenters. The molecule has 1 aromatic heterocycles. The molecule has 0 spiro atoms. The Morgan fingerprint density at radius 1 is 1.40 bits per heavy atom. The highest BCUT2D eigenvalue weighted by atomic mass is 32.2. The Labute approximate surface area is 127 Å². The first-order valence-electron chi connectivity index (χ1n) is 7.86. The Bertz CT molecular complexity index is 391. The van der Waals surface area contributed by atoms with Crippen LogP contribution in [0.1, 0.15) is 53.4 Å². The van der Waals surface area contributed by atoms with Crippen LogP contribution in [0, 0.1) is 11.3 Å². The molecule has 0 amide bonds. The standard InChI is InChI=1S/C16H28N2OS/c1-5-16(3,4)12-7-8-13(17-6-2)14(11-12)20-15-18-9-10-19-15/h9-10,12-14,17H,5-8,11H2,1-4H3. The van der Waals surface area contributed by atoms with E-state index in [1.54, 1.807) is 12.5 Å². The third-order valence-electron chi connectivity index (χ3n) is 4.94. The molecular weight excluding hydrogens is 268 g/mol. The van der Waals surface area contributed by atoms with Gasteiger partial charge in [-0.25, -0.2) is 4.98 Å². The molecule has 0 saturated heterocycles. The van der Waals surface area contributed by atoms with E-state index in [1.165, 1.54) is 25.7 Å². The second-order valence-electron chi connectivity index (χ2n) is 6.47. The third kappa shape index (κ3) is 3.79. The first-order valence-corrected chi connectivity index (χ1v) is 8.74. The molecule has 1 fully saturated rings. The highest BCUT2D eigenvalue weighted by Crippen LogP contribution is 2.44. The highest BCUT2D eigenvalue weighted by molar-refractivity contribution is 7.99. The second kappa shape index (κ2) is 6.99. The van der Waals surface area contributed by atoms with Crippen molar-refractivity contribution in [2.75, 3.05) is 6.54 Å². The first kappa shape index (κ1) is 15.9. The van der Waals surface area contributed by atoms with Crippen molar-refractivity contribution in [3.05, 3.63) is 12.5 Å². The van der Waals surface area contributed by atoms with E-state index in [9.17, 15) is 0 Å². The van der Waals surface area contributed by atoms with Gasteiger partial charge in [-0.15, -0.1) is 0 Å². The normalized spacial score (nSPS) is 27.7. The van der Waals surface area contributed by atoms with Gasteiger partial charge in [-0.2, -0.15) is 0 Å². The van der Waals surface area contributed by atoms with Gasteiger partial charge in [0.05, 0.1) is 6.20 Å². The van der Waals surface area contributed by atoms with Crippen LogP contribution in [-0.4, -0.2) is 22.8 Å². The summed E-state index contributed by atoms with van der Waals surface area (Å²) in [4.78, 5) is 4.28. The monoisotopic (exact) mass is 296 g/mol. The van der Waals surface area contributed by atoms with Crippen LogP contribution in [0.15, 0.2) is 22.1 Å². The number of nitrogens with one attached hydrogen (secondary N) is 1. The summed E-state index contributed by atoms with van der Waals surface area (Å²) in [5.41, 5.74) is 0.437. The van der Waals surface area contributed by atoms with Crippen molar-refractivity contribution in [1.82, 2.24) is 10.3 Å². The second-order valence-corrected chi connectivity index (χ2v) is 7.66. The van der Waals surface area contributed by atoms with E-state index in [2.05, 4.69) is 38.0 Å². The average molecular weight is 296 g/mol. The number of hydrogen-bond donors (Lipinski definition) is 1. The van der Waals surface area contributed by atoms with Crippen LogP contribution >= 0.6 is 11.8 Å². The molecule has 1 aromatic rings. The zero-order valence-electron chi connectivity index (χ0n) is 13.2. The number of aromatic nitrogens is 1. The Kier molecular flexibility index (Phi) is 5.56. The van der Waals surface area contributed by atoms with Gasteiger partial charge >= 0.3 is 0 Å². The fourth-order valence-corrected chi connectivity index (χ4v) is 4.37. The molecule has 1 heterocycles. The van der Waals surface area contributed by atoms with Crippen LogP contribution in [0.25, 0.3) is 0 Å². The summed E-state index contributed by atoms with van der Waals surface area (Å²) in [5, 5.41) is 5.03. The minimum atomic E-state index is 0.437. The lowest BCUT2D eigenvalue weighted by Crippen LogP contribution is -2.45. The van der Waals surface area contributed by atoms with Gasteiger partial charge in [0.1, 0.15) is 6.26 Å². The molecular formula is C16H28N2OS. The van der Waals surface area contributed by atoms with E-state index < -0.39 is 0 Å². The number of nitrogens with zero attached hydrogens (tertiary/aromatic N) is 1. The van der Waals surface area contributed by atoms with Crippen molar-refractivity contribution < 1.29 is 4.42 Å². The Hall–Kier alpha value is -0.480. The Morgan fingerprint density at radius 2 is 2.20 bits per heavy atom. The predicted octanol–water partition coefficient (Wildman–Crippen LogP) is 4.35. The molecule has 0 radical (unpaired) electrons.